The molecular weight excluding hydrogens is 961 g/mol. The van der Waals surface area contributed by atoms with Crippen LogP contribution in [0, 0.1) is 94.7 Å². The Balaban J connectivity index is 0.000000173. The highest BCUT2D eigenvalue weighted by Gasteiger charge is 2.70. The van der Waals surface area contributed by atoms with Crippen LogP contribution in [0.4, 0.5) is 4.79 Å². The smallest absolute Gasteiger partial charge is 0.372 e. The minimum atomic E-state index is -0.177. The maximum atomic E-state index is 13.2. The van der Waals surface area contributed by atoms with Crippen molar-refractivity contribution < 1.29 is 33.4 Å². The van der Waals surface area contributed by atoms with Crippen LogP contribution in [0.2, 0.25) is 0 Å². The number of hydrogen-bond donors (Lipinski definition) is 0. The van der Waals surface area contributed by atoms with Gasteiger partial charge in [-0.15, -0.1) is 0 Å². The summed E-state index contributed by atoms with van der Waals surface area (Å²) < 4.78 is 16.3. The molecule has 386 valence electrons. The fraction of sp³-hybridized carbons (Fsp3) is 0.733. The minimum absolute atomic E-state index is 0.0582. The van der Waals surface area contributed by atoms with E-state index in [1.807, 2.05) is 43.0 Å². The van der Waals surface area contributed by atoms with Crippen molar-refractivity contribution in [2.24, 2.45) is 94.7 Å². The lowest BCUT2D eigenvalue weighted by Gasteiger charge is -2.43. The molecule has 0 N–H and O–H groups in total. The van der Waals surface area contributed by atoms with E-state index < -0.39 is 0 Å². The first-order valence-corrected chi connectivity index (χ1v) is 31.9. The summed E-state index contributed by atoms with van der Waals surface area (Å²) in [6, 6.07) is 16.2. The highest BCUT2D eigenvalue weighted by molar-refractivity contribution is 8.14. The maximum Gasteiger partial charge on any atom is 0.372 e. The fourth-order valence-corrected chi connectivity index (χ4v) is 24.1. The average Bonchev–Trinajstić information content (AvgIpc) is 4.20. The van der Waals surface area contributed by atoms with E-state index in [0.29, 0.717) is 51.3 Å². The predicted molar refractivity (Wildman–Crippen MR) is 291 cm³/mol. The first-order chi connectivity index (χ1) is 34.3. The number of benzene rings is 2. The Bertz CT molecular complexity index is 2270. The van der Waals surface area contributed by atoms with Gasteiger partial charge in [0.2, 0.25) is 0 Å². The molecular formula is C60H80O7S4. The number of rotatable bonds is 17. The lowest BCUT2D eigenvalue weighted by atomic mass is 9.64. The van der Waals surface area contributed by atoms with Crippen LogP contribution >= 0.6 is 47.0 Å². The molecule has 7 nitrogen and oxygen atoms in total. The average molecular weight is 1040 g/mol. The third kappa shape index (κ3) is 9.76. The number of carbonyl (C=O) groups excluding carboxylic acids is 4. The zero-order valence-electron chi connectivity index (χ0n) is 43.2. The number of carbonyl (C=O) groups is 4. The van der Waals surface area contributed by atoms with Crippen molar-refractivity contribution >= 4 is 69.2 Å². The SMILES string of the molecule is CCCC(=O)CCSC1CC2CC1C1C3CC(C4CC(SC(C)=O)CC43)C21.CCOC(=O)CCSC1CC2C(C1)C1CC2C2C3CC(SC(=O)Oc4ccc(C(C)(C)c5ccc(OC)cc5)cc4)C(C3)C12. The van der Waals surface area contributed by atoms with Gasteiger partial charge in [0, 0.05) is 57.7 Å². The van der Waals surface area contributed by atoms with Crippen LogP contribution in [0.1, 0.15) is 136 Å². The van der Waals surface area contributed by atoms with Crippen molar-refractivity contribution in [2.45, 2.75) is 151 Å². The molecule has 12 rings (SSSR count). The molecule has 0 saturated heterocycles. The van der Waals surface area contributed by atoms with Gasteiger partial charge in [-0.2, -0.15) is 23.5 Å². The number of Topliss-reactive ketones (excluding diaryl/α,β-unsaturated/α-hetero) is 1. The second kappa shape index (κ2) is 21.2. The number of esters is 1. The molecule has 10 saturated carbocycles. The van der Waals surface area contributed by atoms with Crippen LogP contribution < -0.4 is 9.47 Å². The van der Waals surface area contributed by atoms with Gasteiger partial charge in [0.05, 0.1) is 20.1 Å². The molecule has 11 heteroatoms. The molecule has 8 bridgehead atoms. The molecule has 2 aromatic carbocycles. The van der Waals surface area contributed by atoms with Crippen molar-refractivity contribution in [2.75, 3.05) is 25.2 Å². The molecule has 0 spiro atoms. The van der Waals surface area contributed by atoms with Crippen LogP contribution in [0.3, 0.4) is 0 Å². The Morgan fingerprint density at radius 3 is 1.62 bits per heavy atom. The van der Waals surface area contributed by atoms with Crippen molar-refractivity contribution in [1.29, 1.82) is 0 Å². The summed E-state index contributed by atoms with van der Waals surface area (Å²) in [5, 5.41) is 2.73. The largest absolute Gasteiger partial charge is 0.497 e. The third-order valence-corrected chi connectivity index (χ3v) is 25.9. The van der Waals surface area contributed by atoms with Crippen molar-refractivity contribution in [1.82, 2.24) is 0 Å². The molecule has 0 aromatic heterocycles. The number of ketones is 1. The second-order valence-corrected chi connectivity index (χ2v) is 29.8. The highest BCUT2D eigenvalue weighted by atomic mass is 32.2. The number of methoxy groups -OCH3 is 1. The van der Waals surface area contributed by atoms with Crippen LogP contribution in [0.5, 0.6) is 11.5 Å². The third-order valence-electron chi connectivity index (χ3n) is 21.0. The van der Waals surface area contributed by atoms with Crippen LogP contribution in [0.15, 0.2) is 48.5 Å². The second-order valence-electron chi connectivity index (χ2n) is 24.4. The maximum absolute atomic E-state index is 13.2. The number of fused-ring (bicyclic) bond motifs is 24. The predicted octanol–water partition coefficient (Wildman–Crippen LogP) is 14.1. The highest BCUT2D eigenvalue weighted by Crippen LogP contribution is 2.76. The molecule has 10 fully saturated rings. The Hall–Kier alpha value is -2.08. The standard InChI is InChI=1S/C37H46O5S2.C23H34O2S2/c1-5-41-33(38)14-15-43-26-18-27-28(19-26)30-20-29(27)34-21-16-31(35(30)34)32(17-21)44-36(39)42-25-12-8-23(9-13-25)37(2,3)22-6-10-24(40-4)11-7-22;1-3-4-14(25)5-6-26-21-8-13-7-20(21)23-19-11-18(22(13)23)16-9-15(10-17(16)19)27-12(2)24/h6-13,21,26-32,34-35H,5,14-20H2,1-4H3;13,15-23H,3-11H2,1-2H3. The lowest BCUT2D eigenvalue weighted by Crippen LogP contribution is -2.39. The summed E-state index contributed by atoms with van der Waals surface area (Å²) in [6.07, 6.45) is 16.8. The molecule has 10 aliphatic rings. The van der Waals surface area contributed by atoms with Gasteiger partial charge >= 0.3 is 11.3 Å². The monoisotopic (exact) mass is 1040 g/mol. The van der Waals surface area contributed by atoms with Crippen molar-refractivity contribution in [3.05, 3.63) is 59.7 Å². The van der Waals surface area contributed by atoms with E-state index in [4.69, 9.17) is 14.2 Å². The molecule has 71 heavy (non-hydrogen) atoms. The van der Waals surface area contributed by atoms with Crippen LogP contribution in [-0.4, -0.2) is 68.4 Å². The van der Waals surface area contributed by atoms with Gasteiger partial charge in [-0.1, -0.05) is 56.8 Å². The molecule has 0 amide bonds. The van der Waals surface area contributed by atoms with Gasteiger partial charge in [0.25, 0.3) is 0 Å². The number of hydrogen-bond acceptors (Lipinski definition) is 11. The Labute approximate surface area is 441 Å². The summed E-state index contributed by atoms with van der Waals surface area (Å²) in [5.41, 5.74) is 2.21. The normalized spacial score (nSPS) is 40.0. The van der Waals surface area contributed by atoms with Gasteiger partial charge in [-0.05, 0) is 219 Å². The first kappa shape index (κ1) is 51.0. The van der Waals surface area contributed by atoms with Crippen molar-refractivity contribution in [3.63, 3.8) is 0 Å². The molecule has 2 aromatic rings. The summed E-state index contributed by atoms with van der Waals surface area (Å²) in [6.45, 7) is 10.6. The van der Waals surface area contributed by atoms with Crippen molar-refractivity contribution in [3.8, 4) is 11.5 Å². The summed E-state index contributed by atoms with van der Waals surface area (Å²) in [4.78, 5) is 48.4. The number of thioether (sulfide) groups is 4. The van der Waals surface area contributed by atoms with E-state index in [2.05, 4.69) is 56.8 Å². The van der Waals surface area contributed by atoms with Gasteiger partial charge in [0.15, 0.2) is 5.12 Å². The minimum Gasteiger partial charge on any atom is -0.497 e. The zero-order valence-corrected chi connectivity index (χ0v) is 46.4. The number of ether oxygens (including phenoxy) is 3. The van der Waals surface area contributed by atoms with Gasteiger partial charge in [0.1, 0.15) is 17.3 Å². The van der Waals surface area contributed by atoms with Gasteiger partial charge < -0.3 is 14.2 Å². The topological polar surface area (TPSA) is 96.0 Å². The molecule has 10 aliphatic carbocycles. The van der Waals surface area contributed by atoms with Crippen LogP contribution in [-0.2, 0) is 24.5 Å². The summed E-state index contributed by atoms with van der Waals surface area (Å²) in [5.74, 6) is 18.3. The van der Waals surface area contributed by atoms with E-state index in [0.717, 1.165) is 131 Å². The zero-order chi connectivity index (χ0) is 49.3. The lowest BCUT2D eigenvalue weighted by molar-refractivity contribution is -0.142. The Morgan fingerprint density at radius 1 is 0.549 bits per heavy atom. The quantitative estimate of drug-likeness (QED) is 0.112. The van der Waals surface area contributed by atoms with E-state index in [1.54, 1.807) is 25.8 Å². The van der Waals surface area contributed by atoms with E-state index >= 15 is 0 Å². The van der Waals surface area contributed by atoms with Gasteiger partial charge in [-0.3, -0.25) is 14.4 Å². The van der Waals surface area contributed by atoms with E-state index in [9.17, 15) is 19.2 Å². The fourth-order valence-electron chi connectivity index (χ4n) is 18.9. The first-order valence-electron chi connectivity index (χ1n) is 28.0. The van der Waals surface area contributed by atoms with Crippen LogP contribution in [0.25, 0.3) is 0 Å². The Kier molecular flexibility index (Phi) is 15.2. The molecule has 20 unspecified atom stereocenters. The van der Waals surface area contributed by atoms with Gasteiger partial charge in [-0.25, -0.2) is 4.79 Å². The molecule has 0 heterocycles. The molecule has 20 atom stereocenters. The van der Waals surface area contributed by atoms with E-state index in [-0.39, 0.29) is 16.7 Å². The van der Waals surface area contributed by atoms with E-state index in [1.165, 1.54) is 87.1 Å². The Morgan fingerprint density at radius 2 is 1.07 bits per heavy atom. The molecule has 0 radical (unpaired) electrons. The summed E-state index contributed by atoms with van der Waals surface area (Å²) in [7, 11) is 1.68. The summed E-state index contributed by atoms with van der Waals surface area (Å²) >= 11 is 7.27. The molecule has 0 aliphatic heterocycles.